The van der Waals surface area contributed by atoms with Crippen molar-refractivity contribution in [3.05, 3.63) is 28.2 Å². The summed E-state index contributed by atoms with van der Waals surface area (Å²) in [5.74, 6) is 1.16. The van der Waals surface area contributed by atoms with E-state index in [4.69, 9.17) is 10.5 Å². The molecule has 0 aliphatic heterocycles. The van der Waals surface area contributed by atoms with Gasteiger partial charge in [0.2, 0.25) is 5.88 Å². The van der Waals surface area contributed by atoms with Gasteiger partial charge in [0.15, 0.2) is 0 Å². The molecule has 0 unspecified atom stereocenters. The Morgan fingerprint density at radius 2 is 2.24 bits per heavy atom. The Bertz CT molecular complexity index is 512. The van der Waals surface area contributed by atoms with Crippen molar-refractivity contribution >= 4 is 22.8 Å². The Morgan fingerprint density at radius 3 is 2.88 bits per heavy atom. The lowest BCUT2D eigenvalue weighted by molar-refractivity contribution is 0.401. The van der Waals surface area contributed by atoms with E-state index < -0.39 is 0 Å². The molecule has 0 aliphatic carbocycles. The first-order chi connectivity index (χ1) is 8.19. The number of hydrogen-bond acceptors (Lipinski definition) is 6. The lowest BCUT2D eigenvalue weighted by atomic mass is 10.4. The molecule has 0 aromatic carbocycles. The number of nitrogen functional groups attached to an aromatic ring is 1. The molecule has 2 heterocycles. The van der Waals surface area contributed by atoms with Crippen LogP contribution in [-0.2, 0) is 6.54 Å². The number of thiazole rings is 1. The van der Waals surface area contributed by atoms with Crippen LogP contribution >= 0.6 is 11.3 Å². The molecule has 90 valence electrons. The average Bonchev–Trinajstić information content (AvgIpc) is 2.74. The van der Waals surface area contributed by atoms with Crippen molar-refractivity contribution in [1.82, 2.24) is 9.97 Å². The topological polar surface area (TPSA) is 73.1 Å². The van der Waals surface area contributed by atoms with Gasteiger partial charge in [-0.15, -0.1) is 11.3 Å². The molecule has 17 heavy (non-hydrogen) atoms. The Kier molecular flexibility index (Phi) is 3.43. The minimum absolute atomic E-state index is 0.435. The Morgan fingerprint density at radius 1 is 1.41 bits per heavy atom. The monoisotopic (exact) mass is 250 g/mol. The van der Waals surface area contributed by atoms with Crippen LogP contribution in [0.5, 0.6) is 5.88 Å². The summed E-state index contributed by atoms with van der Waals surface area (Å²) in [6, 6.07) is 3.58. The maximum atomic E-state index is 5.69. The quantitative estimate of drug-likeness (QED) is 0.868. The van der Waals surface area contributed by atoms with Crippen molar-refractivity contribution in [1.29, 1.82) is 0 Å². The zero-order valence-electron chi connectivity index (χ0n) is 9.73. The van der Waals surface area contributed by atoms with Crippen LogP contribution in [0.1, 0.15) is 10.7 Å². The number of rotatable bonds is 4. The highest BCUT2D eigenvalue weighted by atomic mass is 32.1. The van der Waals surface area contributed by atoms with Crippen LogP contribution in [0, 0.1) is 6.92 Å². The molecule has 0 amide bonds. The number of ether oxygens (including phenoxy) is 1. The van der Waals surface area contributed by atoms with Gasteiger partial charge in [0.05, 0.1) is 19.3 Å². The summed E-state index contributed by atoms with van der Waals surface area (Å²) in [6.45, 7) is 2.63. The van der Waals surface area contributed by atoms with Gasteiger partial charge in [0.1, 0.15) is 10.8 Å². The lowest BCUT2D eigenvalue weighted by Crippen LogP contribution is -2.03. The van der Waals surface area contributed by atoms with E-state index in [2.05, 4.69) is 15.3 Å². The summed E-state index contributed by atoms with van der Waals surface area (Å²) in [4.78, 5) is 8.59. The fraction of sp³-hybridized carbons (Fsp3) is 0.273. The number of methoxy groups -OCH3 is 1. The predicted molar refractivity (Wildman–Crippen MR) is 69.4 cm³/mol. The van der Waals surface area contributed by atoms with Gasteiger partial charge < -0.3 is 15.8 Å². The molecular formula is C11H14N4OS. The van der Waals surface area contributed by atoms with E-state index in [0.29, 0.717) is 18.1 Å². The first-order valence-corrected chi connectivity index (χ1v) is 6.02. The number of aromatic nitrogens is 2. The van der Waals surface area contributed by atoms with E-state index in [-0.39, 0.29) is 0 Å². The second-order valence-electron chi connectivity index (χ2n) is 3.53. The van der Waals surface area contributed by atoms with Crippen molar-refractivity contribution in [2.75, 3.05) is 18.2 Å². The van der Waals surface area contributed by atoms with E-state index in [1.165, 1.54) is 0 Å². The van der Waals surface area contributed by atoms with Crippen LogP contribution in [0.3, 0.4) is 0 Å². The van der Waals surface area contributed by atoms with Crippen LogP contribution in [-0.4, -0.2) is 17.1 Å². The van der Waals surface area contributed by atoms with Gasteiger partial charge in [-0.2, -0.15) is 4.98 Å². The summed E-state index contributed by atoms with van der Waals surface area (Å²) in [5.41, 5.74) is 7.25. The number of anilines is 2. The Hall–Kier alpha value is -1.82. The fourth-order valence-corrected chi connectivity index (χ4v) is 2.07. The zero-order chi connectivity index (χ0) is 12.3. The summed E-state index contributed by atoms with van der Waals surface area (Å²) < 4.78 is 5.05. The van der Waals surface area contributed by atoms with Crippen LogP contribution < -0.4 is 15.8 Å². The molecule has 2 rings (SSSR count). The van der Waals surface area contributed by atoms with E-state index in [9.17, 15) is 0 Å². The minimum atomic E-state index is 0.435. The number of aryl methyl sites for hydroxylation is 1. The van der Waals surface area contributed by atoms with Gasteiger partial charge in [0, 0.05) is 11.1 Å². The molecule has 0 bridgehead atoms. The summed E-state index contributed by atoms with van der Waals surface area (Å²) in [7, 11) is 1.55. The number of nitrogens with zero attached hydrogens (tertiary/aromatic N) is 2. The van der Waals surface area contributed by atoms with Crippen molar-refractivity contribution in [2.45, 2.75) is 13.5 Å². The second kappa shape index (κ2) is 5.01. The van der Waals surface area contributed by atoms with Gasteiger partial charge in [-0.3, -0.25) is 0 Å². The summed E-state index contributed by atoms with van der Waals surface area (Å²) in [5, 5.41) is 6.23. The molecule has 2 aromatic heterocycles. The maximum Gasteiger partial charge on any atom is 0.238 e. The van der Waals surface area contributed by atoms with E-state index in [0.717, 1.165) is 16.5 Å². The van der Waals surface area contributed by atoms with Crippen LogP contribution in [0.2, 0.25) is 0 Å². The van der Waals surface area contributed by atoms with Crippen LogP contribution in [0.15, 0.2) is 17.5 Å². The number of nitrogens with one attached hydrogen (secondary N) is 1. The first kappa shape index (κ1) is 11.7. The zero-order valence-corrected chi connectivity index (χ0v) is 10.5. The Labute approximate surface area is 104 Å². The fourth-order valence-electron chi connectivity index (χ4n) is 1.36. The molecule has 6 heteroatoms. The van der Waals surface area contributed by atoms with E-state index in [1.54, 1.807) is 24.5 Å². The van der Waals surface area contributed by atoms with E-state index >= 15 is 0 Å². The van der Waals surface area contributed by atoms with Crippen molar-refractivity contribution < 1.29 is 4.74 Å². The molecule has 5 nitrogen and oxygen atoms in total. The first-order valence-electron chi connectivity index (χ1n) is 5.14. The van der Waals surface area contributed by atoms with Crippen molar-refractivity contribution in [3.8, 4) is 5.88 Å². The lowest BCUT2D eigenvalue weighted by Gasteiger charge is -2.07. The third kappa shape index (κ3) is 2.85. The largest absolute Gasteiger partial charge is 0.479 e. The molecule has 0 fully saturated rings. The smallest absolute Gasteiger partial charge is 0.238 e. The number of pyridine rings is 1. The Balaban J connectivity index is 2.04. The van der Waals surface area contributed by atoms with Gasteiger partial charge in [-0.1, -0.05) is 0 Å². The van der Waals surface area contributed by atoms with Crippen molar-refractivity contribution in [2.24, 2.45) is 0 Å². The highest BCUT2D eigenvalue weighted by Gasteiger charge is 2.03. The molecule has 0 spiro atoms. The molecule has 3 N–H and O–H groups in total. The molecular weight excluding hydrogens is 236 g/mol. The molecule has 0 atom stereocenters. The number of nitrogens with two attached hydrogens (primary N) is 1. The normalized spacial score (nSPS) is 10.2. The highest BCUT2D eigenvalue weighted by Crippen LogP contribution is 2.20. The molecule has 2 aromatic rings. The average molecular weight is 250 g/mol. The van der Waals surface area contributed by atoms with Gasteiger partial charge >= 0.3 is 0 Å². The third-order valence-corrected chi connectivity index (χ3v) is 3.14. The predicted octanol–water partition coefficient (Wildman–Crippen LogP) is 2.05. The molecule has 0 aliphatic rings. The van der Waals surface area contributed by atoms with E-state index in [1.807, 2.05) is 18.4 Å². The number of hydrogen-bond donors (Lipinski definition) is 2. The SMILES string of the molecule is COc1nc(NCc2nc(C)cs2)ccc1N. The van der Waals surface area contributed by atoms with Gasteiger partial charge in [-0.25, -0.2) is 4.98 Å². The van der Waals surface area contributed by atoms with Crippen molar-refractivity contribution in [3.63, 3.8) is 0 Å². The van der Waals surface area contributed by atoms with Crippen LogP contribution in [0.4, 0.5) is 11.5 Å². The molecule has 0 radical (unpaired) electrons. The summed E-state index contributed by atoms with van der Waals surface area (Å²) in [6.07, 6.45) is 0. The maximum absolute atomic E-state index is 5.69. The van der Waals surface area contributed by atoms with Gasteiger partial charge in [0.25, 0.3) is 0 Å². The minimum Gasteiger partial charge on any atom is -0.479 e. The van der Waals surface area contributed by atoms with Gasteiger partial charge in [-0.05, 0) is 19.1 Å². The molecule has 0 saturated heterocycles. The second-order valence-corrected chi connectivity index (χ2v) is 4.47. The molecule has 0 saturated carbocycles. The van der Waals surface area contributed by atoms with Crippen LogP contribution in [0.25, 0.3) is 0 Å². The highest BCUT2D eigenvalue weighted by molar-refractivity contribution is 7.09. The third-order valence-electron chi connectivity index (χ3n) is 2.17. The standard InChI is InChI=1S/C11H14N4OS/c1-7-6-17-10(14-7)5-13-9-4-3-8(12)11(15-9)16-2/h3-4,6H,5,12H2,1-2H3,(H,13,15). The summed E-state index contributed by atoms with van der Waals surface area (Å²) >= 11 is 1.62.